The molecule has 1 aromatic carbocycles. The Kier molecular flexibility index (Phi) is 3.82. The molecule has 0 aliphatic heterocycles. The van der Waals surface area contributed by atoms with Gasteiger partial charge in [-0.25, -0.2) is 0 Å². The van der Waals surface area contributed by atoms with E-state index in [9.17, 15) is 9.59 Å². The number of carbonyl (C=O) groups is 2. The van der Waals surface area contributed by atoms with Crippen LogP contribution in [-0.4, -0.2) is 22.0 Å². The van der Waals surface area contributed by atoms with Gasteiger partial charge in [-0.1, -0.05) is 11.6 Å². The van der Waals surface area contributed by atoms with E-state index in [2.05, 4.69) is 21.0 Å². The molecule has 0 unspecified atom stereocenters. The minimum Gasteiger partial charge on any atom is -0.282 e. The summed E-state index contributed by atoms with van der Waals surface area (Å²) in [7, 11) is 0. The van der Waals surface area contributed by atoms with Gasteiger partial charge in [-0.3, -0.25) is 25.5 Å². The zero-order chi connectivity index (χ0) is 13.8. The molecule has 98 valence electrons. The molecule has 0 bridgehead atoms. The molecule has 0 fully saturated rings. The van der Waals surface area contributed by atoms with Crippen LogP contribution >= 0.6 is 11.6 Å². The zero-order valence-electron chi connectivity index (χ0n) is 10.0. The number of rotatable bonds is 2. The van der Waals surface area contributed by atoms with Gasteiger partial charge in [0.2, 0.25) is 0 Å². The van der Waals surface area contributed by atoms with Gasteiger partial charge in [-0.2, -0.15) is 5.10 Å². The number of amides is 2. The van der Waals surface area contributed by atoms with Crippen LogP contribution in [0.25, 0.3) is 0 Å². The maximum absolute atomic E-state index is 11.7. The number of hydrazine groups is 1. The Morgan fingerprint density at radius 2 is 1.79 bits per heavy atom. The standard InChI is InChI=1S/C12H11ClN4O2/c1-7-6-10(15-14-7)12(19)17-16-11(18)8-2-4-9(13)5-3-8/h2-6H,1H3,(H,14,15)(H,16,18)(H,17,19). The molecule has 2 aromatic rings. The van der Waals surface area contributed by atoms with Crippen LogP contribution < -0.4 is 10.9 Å². The Morgan fingerprint density at radius 1 is 1.16 bits per heavy atom. The van der Waals surface area contributed by atoms with Gasteiger partial charge >= 0.3 is 0 Å². The fraction of sp³-hybridized carbons (Fsp3) is 0.0833. The third-order valence-electron chi connectivity index (χ3n) is 2.33. The minimum atomic E-state index is -0.494. The van der Waals surface area contributed by atoms with Crippen molar-refractivity contribution in [3.63, 3.8) is 0 Å². The second-order valence-corrected chi connectivity index (χ2v) is 4.29. The summed E-state index contributed by atoms with van der Waals surface area (Å²) in [6, 6.07) is 7.87. The summed E-state index contributed by atoms with van der Waals surface area (Å²) in [5, 5.41) is 6.94. The fourth-order valence-corrected chi connectivity index (χ4v) is 1.51. The number of aromatic amines is 1. The van der Waals surface area contributed by atoms with Crippen LogP contribution in [-0.2, 0) is 0 Å². The van der Waals surface area contributed by atoms with Crippen LogP contribution in [0.5, 0.6) is 0 Å². The van der Waals surface area contributed by atoms with E-state index in [1.165, 1.54) is 0 Å². The zero-order valence-corrected chi connectivity index (χ0v) is 10.8. The van der Waals surface area contributed by atoms with E-state index >= 15 is 0 Å². The maximum Gasteiger partial charge on any atom is 0.290 e. The molecule has 1 heterocycles. The quantitative estimate of drug-likeness (QED) is 0.727. The molecule has 0 saturated heterocycles. The van der Waals surface area contributed by atoms with Crippen molar-refractivity contribution >= 4 is 23.4 Å². The Morgan fingerprint density at radius 3 is 2.37 bits per heavy atom. The number of halogens is 1. The summed E-state index contributed by atoms with van der Waals surface area (Å²) in [6.45, 7) is 1.77. The van der Waals surface area contributed by atoms with Crippen LogP contribution in [0.1, 0.15) is 26.5 Å². The first-order valence-corrected chi connectivity index (χ1v) is 5.82. The highest BCUT2D eigenvalue weighted by Crippen LogP contribution is 2.09. The predicted octanol–water partition coefficient (Wildman–Crippen LogP) is 1.45. The number of hydrogen-bond donors (Lipinski definition) is 3. The van der Waals surface area contributed by atoms with E-state index in [0.717, 1.165) is 5.69 Å². The van der Waals surface area contributed by atoms with E-state index in [-0.39, 0.29) is 5.69 Å². The number of nitrogens with one attached hydrogen (secondary N) is 3. The molecule has 6 nitrogen and oxygen atoms in total. The molecule has 2 amide bonds. The molecule has 0 aliphatic rings. The van der Waals surface area contributed by atoms with E-state index in [4.69, 9.17) is 11.6 Å². The molecule has 19 heavy (non-hydrogen) atoms. The summed E-state index contributed by atoms with van der Waals surface area (Å²) < 4.78 is 0. The van der Waals surface area contributed by atoms with Crippen molar-refractivity contribution in [3.05, 3.63) is 52.3 Å². The summed E-state index contributed by atoms with van der Waals surface area (Å²) in [5.41, 5.74) is 5.91. The Hall–Kier alpha value is -2.34. The third kappa shape index (κ3) is 3.32. The molecule has 0 aliphatic carbocycles. The van der Waals surface area contributed by atoms with Crippen molar-refractivity contribution < 1.29 is 9.59 Å². The summed E-state index contributed by atoms with van der Waals surface area (Å²) >= 11 is 5.71. The minimum absolute atomic E-state index is 0.203. The first-order chi connectivity index (χ1) is 9.06. The normalized spacial score (nSPS) is 10.0. The maximum atomic E-state index is 11.7. The first kappa shape index (κ1) is 13.1. The van der Waals surface area contributed by atoms with Crippen molar-refractivity contribution in [2.45, 2.75) is 6.92 Å². The summed E-state index contributed by atoms with van der Waals surface area (Å²) in [6.07, 6.45) is 0. The number of H-pyrrole nitrogens is 1. The molecular weight excluding hydrogens is 268 g/mol. The summed E-state index contributed by atoms with van der Waals surface area (Å²) in [4.78, 5) is 23.3. The molecule has 0 saturated carbocycles. The highest BCUT2D eigenvalue weighted by molar-refractivity contribution is 6.30. The van der Waals surface area contributed by atoms with E-state index < -0.39 is 11.8 Å². The van der Waals surface area contributed by atoms with E-state index in [1.807, 2.05) is 0 Å². The predicted molar refractivity (Wildman–Crippen MR) is 69.7 cm³/mol. The lowest BCUT2D eigenvalue weighted by molar-refractivity contribution is 0.0844. The van der Waals surface area contributed by atoms with Gasteiger partial charge in [0.05, 0.1) is 0 Å². The van der Waals surface area contributed by atoms with Gasteiger partial charge in [-0.15, -0.1) is 0 Å². The lowest BCUT2D eigenvalue weighted by Gasteiger charge is -2.05. The number of carbonyl (C=O) groups excluding carboxylic acids is 2. The van der Waals surface area contributed by atoms with Crippen molar-refractivity contribution in [2.75, 3.05) is 0 Å². The number of aryl methyl sites for hydroxylation is 1. The molecule has 1 aromatic heterocycles. The third-order valence-corrected chi connectivity index (χ3v) is 2.59. The highest BCUT2D eigenvalue weighted by atomic mass is 35.5. The van der Waals surface area contributed by atoms with Crippen LogP contribution in [0.15, 0.2) is 30.3 Å². The lowest BCUT2D eigenvalue weighted by atomic mass is 10.2. The second-order valence-electron chi connectivity index (χ2n) is 3.85. The number of hydrogen-bond acceptors (Lipinski definition) is 3. The fourth-order valence-electron chi connectivity index (χ4n) is 1.39. The first-order valence-electron chi connectivity index (χ1n) is 5.44. The SMILES string of the molecule is Cc1cc(C(=O)NNC(=O)c2ccc(Cl)cc2)n[nH]1. The second kappa shape index (κ2) is 5.53. The Bertz CT molecular complexity index is 606. The molecule has 0 atom stereocenters. The van der Waals surface area contributed by atoms with Gasteiger partial charge < -0.3 is 0 Å². The van der Waals surface area contributed by atoms with Gasteiger partial charge in [-0.05, 0) is 37.3 Å². The number of aromatic nitrogens is 2. The van der Waals surface area contributed by atoms with E-state index in [1.54, 1.807) is 37.3 Å². The molecule has 0 spiro atoms. The van der Waals surface area contributed by atoms with Gasteiger partial charge in [0.15, 0.2) is 5.69 Å². The van der Waals surface area contributed by atoms with Gasteiger partial charge in [0.1, 0.15) is 0 Å². The highest BCUT2D eigenvalue weighted by Gasteiger charge is 2.11. The van der Waals surface area contributed by atoms with Crippen LogP contribution in [0.4, 0.5) is 0 Å². The smallest absolute Gasteiger partial charge is 0.282 e. The topological polar surface area (TPSA) is 86.9 Å². The van der Waals surface area contributed by atoms with Crippen LogP contribution in [0, 0.1) is 6.92 Å². The molecule has 2 rings (SSSR count). The number of benzene rings is 1. The number of nitrogens with zero attached hydrogens (tertiary/aromatic N) is 1. The lowest BCUT2D eigenvalue weighted by Crippen LogP contribution is -2.41. The molecular formula is C12H11ClN4O2. The van der Waals surface area contributed by atoms with Crippen molar-refractivity contribution in [1.82, 2.24) is 21.0 Å². The monoisotopic (exact) mass is 278 g/mol. The van der Waals surface area contributed by atoms with Crippen molar-refractivity contribution in [1.29, 1.82) is 0 Å². The van der Waals surface area contributed by atoms with Gasteiger partial charge in [0, 0.05) is 16.3 Å². The van der Waals surface area contributed by atoms with Crippen molar-refractivity contribution in [3.8, 4) is 0 Å². The van der Waals surface area contributed by atoms with Crippen LogP contribution in [0.2, 0.25) is 5.02 Å². The van der Waals surface area contributed by atoms with Crippen LogP contribution in [0.3, 0.4) is 0 Å². The van der Waals surface area contributed by atoms with Crippen molar-refractivity contribution in [2.24, 2.45) is 0 Å². The Labute approximate surface area is 114 Å². The average molecular weight is 279 g/mol. The van der Waals surface area contributed by atoms with Gasteiger partial charge in [0.25, 0.3) is 11.8 Å². The van der Waals surface area contributed by atoms with E-state index in [0.29, 0.717) is 10.6 Å². The Balaban J connectivity index is 1.93. The molecule has 0 radical (unpaired) electrons. The molecule has 7 heteroatoms. The molecule has 3 N–H and O–H groups in total. The average Bonchev–Trinajstić information content (AvgIpc) is 2.83. The summed E-state index contributed by atoms with van der Waals surface area (Å²) in [5.74, 6) is -0.927. The largest absolute Gasteiger partial charge is 0.290 e.